The Morgan fingerprint density at radius 2 is 1.28 bits per heavy atom. The minimum Gasteiger partial charge on any atom is -0.370 e. The molecule has 0 bridgehead atoms. The molecule has 3 rings (SSSR count). The highest BCUT2D eigenvalue weighted by molar-refractivity contribution is 5.71. The first-order valence-electron chi connectivity index (χ1n) is 7.25. The van der Waals surface area contributed by atoms with Gasteiger partial charge in [-0.05, 0) is 31.4 Å². The summed E-state index contributed by atoms with van der Waals surface area (Å²) >= 11 is 0. The molecule has 18 heavy (non-hydrogen) atoms. The van der Waals surface area contributed by atoms with E-state index in [0.29, 0.717) is 0 Å². The van der Waals surface area contributed by atoms with Crippen molar-refractivity contribution in [2.45, 2.75) is 19.3 Å². The Morgan fingerprint density at radius 1 is 0.722 bits per heavy atom. The summed E-state index contributed by atoms with van der Waals surface area (Å²) in [5.74, 6) is 0. The van der Waals surface area contributed by atoms with Crippen LogP contribution in [0.25, 0.3) is 0 Å². The fourth-order valence-electron chi connectivity index (χ4n) is 3.04. The van der Waals surface area contributed by atoms with Gasteiger partial charge in [0.1, 0.15) is 0 Å². The molecule has 98 valence electrons. The van der Waals surface area contributed by atoms with E-state index >= 15 is 0 Å². The Bertz CT molecular complexity index is 342. The quantitative estimate of drug-likeness (QED) is 0.860. The van der Waals surface area contributed by atoms with Gasteiger partial charge in [-0.15, -0.1) is 0 Å². The van der Waals surface area contributed by atoms with E-state index in [1.54, 1.807) is 0 Å². The maximum atomic E-state index is 3.43. The van der Waals surface area contributed by atoms with Crippen molar-refractivity contribution in [1.82, 2.24) is 5.32 Å². The molecular formula is C15H23N3. The van der Waals surface area contributed by atoms with Crippen molar-refractivity contribution in [2.75, 3.05) is 49.1 Å². The zero-order valence-corrected chi connectivity index (χ0v) is 11.1. The van der Waals surface area contributed by atoms with Gasteiger partial charge in [0.25, 0.3) is 0 Å². The van der Waals surface area contributed by atoms with Crippen LogP contribution in [0.4, 0.5) is 11.4 Å². The predicted octanol–water partition coefficient (Wildman–Crippen LogP) is 2.09. The number of para-hydroxylation sites is 2. The molecule has 2 saturated heterocycles. The Morgan fingerprint density at radius 3 is 1.89 bits per heavy atom. The Labute approximate surface area is 110 Å². The monoisotopic (exact) mass is 245 g/mol. The van der Waals surface area contributed by atoms with Crippen molar-refractivity contribution in [2.24, 2.45) is 0 Å². The van der Waals surface area contributed by atoms with Gasteiger partial charge in [-0.25, -0.2) is 0 Å². The highest BCUT2D eigenvalue weighted by Gasteiger charge is 2.18. The van der Waals surface area contributed by atoms with E-state index in [0.717, 1.165) is 26.2 Å². The van der Waals surface area contributed by atoms with Crippen LogP contribution in [0.1, 0.15) is 19.3 Å². The van der Waals surface area contributed by atoms with E-state index in [4.69, 9.17) is 0 Å². The summed E-state index contributed by atoms with van der Waals surface area (Å²) in [4.78, 5) is 5.10. The molecule has 2 heterocycles. The molecule has 0 atom stereocenters. The van der Waals surface area contributed by atoms with Gasteiger partial charge in [0, 0.05) is 39.3 Å². The number of piperidine rings is 1. The third kappa shape index (κ3) is 2.46. The van der Waals surface area contributed by atoms with Gasteiger partial charge in [0.2, 0.25) is 0 Å². The van der Waals surface area contributed by atoms with Gasteiger partial charge < -0.3 is 15.1 Å². The van der Waals surface area contributed by atoms with Crippen LogP contribution in [0.2, 0.25) is 0 Å². The van der Waals surface area contributed by atoms with E-state index in [9.17, 15) is 0 Å². The average molecular weight is 245 g/mol. The number of nitrogens with one attached hydrogen (secondary N) is 1. The smallest absolute Gasteiger partial charge is 0.0604 e. The van der Waals surface area contributed by atoms with Crippen molar-refractivity contribution >= 4 is 11.4 Å². The summed E-state index contributed by atoms with van der Waals surface area (Å²) in [6, 6.07) is 8.93. The SMILES string of the molecule is c1ccc(N2CCNCC2)c(N2CCCCC2)c1. The molecule has 0 amide bonds. The Kier molecular flexibility index (Phi) is 3.69. The summed E-state index contributed by atoms with van der Waals surface area (Å²) < 4.78 is 0. The second kappa shape index (κ2) is 5.61. The molecule has 2 aliphatic heterocycles. The van der Waals surface area contributed by atoms with Crippen molar-refractivity contribution in [3.05, 3.63) is 24.3 Å². The first kappa shape index (κ1) is 11.8. The molecular weight excluding hydrogens is 222 g/mol. The van der Waals surface area contributed by atoms with Crippen LogP contribution in [0.15, 0.2) is 24.3 Å². The maximum Gasteiger partial charge on any atom is 0.0604 e. The topological polar surface area (TPSA) is 18.5 Å². The van der Waals surface area contributed by atoms with Crippen molar-refractivity contribution < 1.29 is 0 Å². The minimum absolute atomic E-state index is 1.11. The maximum absolute atomic E-state index is 3.43. The van der Waals surface area contributed by atoms with Gasteiger partial charge >= 0.3 is 0 Å². The van der Waals surface area contributed by atoms with E-state index in [2.05, 4.69) is 39.4 Å². The number of hydrogen-bond donors (Lipinski definition) is 1. The van der Waals surface area contributed by atoms with Crippen LogP contribution >= 0.6 is 0 Å². The first-order chi connectivity index (χ1) is 8.95. The Balaban J connectivity index is 1.83. The fraction of sp³-hybridized carbons (Fsp3) is 0.600. The van der Waals surface area contributed by atoms with Crippen LogP contribution < -0.4 is 15.1 Å². The molecule has 0 saturated carbocycles. The zero-order chi connectivity index (χ0) is 12.2. The third-order valence-electron chi connectivity index (χ3n) is 4.04. The van der Waals surface area contributed by atoms with Gasteiger partial charge in [-0.2, -0.15) is 0 Å². The number of hydrogen-bond acceptors (Lipinski definition) is 3. The van der Waals surface area contributed by atoms with Crippen molar-refractivity contribution in [3.8, 4) is 0 Å². The highest BCUT2D eigenvalue weighted by Crippen LogP contribution is 2.31. The Hall–Kier alpha value is -1.22. The standard InChI is InChI=1S/C15H23N3/c1-4-10-17(11-5-1)14-6-2-3-7-15(14)18-12-8-16-9-13-18/h2-3,6-7,16H,1,4-5,8-13H2. The second-order valence-corrected chi connectivity index (χ2v) is 5.27. The van der Waals surface area contributed by atoms with Crippen LogP contribution in [-0.2, 0) is 0 Å². The van der Waals surface area contributed by atoms with Crippen LogP contribution in [-0.4, -0.2) is 39.3 Å². The number of benzene rings is 1. The lowest BCUT2D eigenvalue weighted by Gasteiger charge is -2.36. The molecule has 0 radical (unpaired) electrons. The molecule has 0 aromatic heterocycles. The van der Waals surface area contributed by atoms with E-state index in [1.165, 1.54) is 43.7 Å². The minimum atomic E-state index is 1.11. The molecule has 1 aromatic rings. The van der Waals surface area contributed by atoms with Gasteiger partial charge in [-0.1, -0.05) is 12.1 Å². The highest BCUT2D eigenvalue weighted by atomic mass is 15.2. The number of anilines is 2. The molecule has 1 aromatic carbocycles. The molecule has 1 N–H and O–H groups in total. The van der Waals surface area contributed by atoms with E-state index in [-0.39, 0.29) is 0 Å². The van der Waals surface area contributed by atoms with Crippen molar-refractivity contribution in [3.63, 3.8) is 0 Å². The molecule has 2 aliphatic rings. The largest absolute Gasteiger partial charge is 0.370 e. The lowest BCUT2D eigenvalue weighted by atomic mass is 10.1. The zero-order valence-electron chi connectivity index (χ0n) is 11.1. The van der Waals surface area contributed by atoms with Crippen LogP contribution in [0.3, 0.4) is 0 Å². The van der Waals surface area contributed by atoms with Crippen LogP contribution in [0.5, 0.6) is 0 Å². The molecule has 0 unspecified atom stereocenters. The average Bonchev–Trinajstić information content (AvgIpc) is 2.49. The first-order valence-corrected chi connectivity index (χ1v) is 7.25. The molecule has 0 spiro atoms. The predicted molar refractivity (Wildman–Crippen MR) is 77.6 cm³/mol. The van der Waals surface area contributed by atoms with E-state index < -0.39 is 0 Å². The molecule has 2 fully saturated rings. The lowest BCUT2D eigenvalue weighted by molar-refractivity contribution is 0.570. The summed E-state index contributed by atoms with van der Waals surface area (Å²) in [7, 11) is 0. The third-order valence-corrected chi connectivity index (χ3v) is 4.04. The molecule has 0 aliphatic carbocycles. The fourth-order valence-corrected chi connectivity index (χ4v) is 3.04. The van der Waals surface area contributed by atoms with Gasteiger partial charge in [-0.3, -0.25) is 0 Å². The molecule has 3 heteroatoms. The summed E-state index contributed by atoms with van der Waals surface area (Å²) in [5.41, 5.74) is 2.88. The normalized spacial score (nSPS) is 21.1. The summed E-state index contributed by atoms with van der Waals surface area (Å²) in [5, 5.41) is 3.43. The number of rotatable bonds is 2. The van der Waals surface area contributed by atoms with Gasteiger partial charge in [0.15, 0.2) is 0 Å². The van der Waals surface area contributed by atoms with E-state index in [1.807, 2.05) is 0 Å². The molecule has 3 nitrogen and oxygen atoms in total. The number of nitrogens with zero attached hydrogens (tertiary/aromatic N) is 2. The second-order valence-electron chi connectivity index (χ2n) is 5.27. The van der Waals surface area contributed by atoms with Crippen molar-refractivity contribution in [1.29, 1.82) is 0 Å². The number of piperazine rings is 1. The lowest BCUT2D eigenvalue weighted by Crippen LogP contribution is -2.44. The summed E-state index contributed by atoms with van der Waals surface area (Å²) in [6.07, 6.45) is 4.08. The summed E-state index contributed by atoms with van der Waals surface area (Å²) in [6.45, 7) is 6.92. The van der Waals surface area contributed by atoms with Crippen LogP contribution in [0, 0.1) is 0 Å². The van der Waals surface area contributed by atoms with Gasteiger partial charge in [0.05, 0.1) is 11.4 Å².